The molecule has 1 N–H and O–H groups in total. The highest BCUT2D eigenvalue weighted by atomic mass is 32.2. The van der Waals surface area contributed by atoms with E-state index >= 15 is 0 Å². The average Bonchev–Trinajstić information content (AvgIpc) is 3.35. The van der Waals surface area contributed by atoms with Crippen LogP contribution in [0.3, 0.4) is 0 Å². The Labute approximate surface area is 174 Å². The average molecular weight is 426 g/mol. The summed E-state index contributed by atoms with van der Waals surface area (Å²) in [4.78, 5) is 16.8. The standard InChI is InChI=1S/C20H16FN5OS2/c1-26-18(14-7-9-15(21)10-8-14)24-25-20(26)29-12-17(27)23-19-22-16(11-28-19)13-5-3-2-4-6-13/h2-11H,12H2,1H3,(H,22,23,27). The lowest BCUT2D eigenvalue weighted by atomic mass is 10.2. The van der Waals surface area contributed by atoms with Gasteiger partial charge < -0.3 is 9.88 Å². The quantitative estimate of drug-likeness (QED) is 0.461. The maximum atomic E-state index is 13.1. The fourth-order valence-corrected chi connectivity index (χ4v) is 4.10. The topological polar surface area (TPSA) is 72.7 Å². The molecular weight excluding hydrogens is 409 g/mol. The van der Waals surface area contributed by atoms with Crippen molar-refractivity contribution >= 4 is 34.1 Å². The molecule has 6 nitrogen and oxygen atoms in total. The summed E-state index contributed by atoms with van der Waals surface area (Å²) in [6.45, 7) is 0. The molecule has 9 heteroatoms. The van der Waals surface area contributed by atoms with Gasteiger partial charge in [0.25, 0.3) is 0 Å². The number of anilines is 1. The molecule has 4 aromatic rings. The highest BCUT2D eigenvalue weighted by Crippen LogP contribution is 2.26. The van der Waals surface area contributed by atoms with Gasteiger partial charge in [-0.15, -0.1) is 21.5 Å². The summed E-state index contributed by atoms with van der Waals surface area (Å²) in [5, 5.41) is 14.2. The van der Waals surface area contributed by atoms with Gasteiger partial charge >= 0.3 is 0 Å². The fourth-order valence-electron chi connectivity index (χ4n) is 2.65. The Bertz CT molecular complexity index is 1130. The van der Waals surface area contributed by atoms with E-state index in [0.29, 0.717) is 16.1 Å². The Morgan fingerprint density at radius 3 is 2.62 bits per heavy atom. The summed E-state index contributed by atoms with van der Waals surface area (Å²) in [7, 11) is 1.81. The molecule has 0 saturated carbocycles. The molecule has 0 aliphatic carbocycles. The predicted octanol–water partition coefficient (Wildman–Crippen LogP) is 4.48. The van der Waals surface area contributed by atoms with Crippen LogP contribution < -0.4 is 5.32 Å². The smallest absolute Gasteiger partial charge is 0.236 e. The number of carbonyl (C=O) groups excluding carboxylic acids is 1. The van der Waals surface area contributed by atoms with Crippen molar-refractivity contribution in [2.75, 3.05) is 11.1 Å². The fraction of sp³-hybridized carbons (Fsp3) is 0.100. The van der Waals surface area contributed by atoms with Crippen LogP contribution in [-0.4, -0.2) is 31.4 Å². The number of thioether (sulfide) groups is 1. The second-order valence-corrected chi connectivity index (χ2v) is 7.91. The van der Waals surface area contributed by atoms with Crippen LogP contribution in [0.2, 0.25) is 0 Å². The minimum atomic E-state index is -0.306. The van der Waals surface area contributed by atoms with Crippen molar-refractivity contribution in [3.63, 3.8) is 0 Å². The van der Waals surface area contributed by atoms with Gasteiger partial charge in [-0.1, -0.05) is 42.1 Å². The van der Waals surface area contributed by atoms with Crippen LogP contribution in [0.4, 0.5) is 9.52 Å². The normalized spacial score (nSPS) is 10.8. The van der Waals surface area contributed by atoms with Crippen molar-refractivity contribution in [2.45, 2.75) is 5.16 Å². The number of benzene rings is 2. The summed E-state index contributed by atoms with van der Waals surface area (Å²) in [6.07, 6.45) is 0. The molecule has 2 heterocycles. The molecular formula is C20H16FN5OS2. The zero-order valence-corrected chi connectivity index (χ0v) is 17.0. The number of nitrogens with one attached hydrogen (secondary N) is 1. The van der Waals surface area contributed by atoms with Gasteiger partial charge in [0, 0.05) is 23.6 Å². The lowest BCUT2D eigenvalue weighted by molar-refractivity contribution is -0.113. The third-order valence-electron chi connectivity index (χ3n) is 4.09. The SMILES string of the molecule is Cn1c(SCC(=O)Nc2nc(-c3ccccc3)cs2)nnc1-c1ccc(F)cc1. The van der Waals surface area contributed by atoms with Crippen molar-refractivity contribution in [3.8, 4) is 22.6 Å². The molecule has 0 radical (unpaired) electrons. The Hall–Kier alpha value is -3.04. The maximum absolute atomic E-state index is 13.1. The van der Waals surface area contributed by atoms with E-state index in [0.717, 1.165) is 16.8 Å². The van der Waals surface area contributed by atoms with Crippen molar-refractivity contribution in [1.82, 2.24) is 19.7 Å². The van der Waals surface area contributed by atoms with Gasteiger partial charge in [-0.3, -0.25) is 4.79 Å². The lowest BCUT2D eigenvalue weighted by Gasteiger charge is -2.04. The molecule has 0 atom stereocenters. The third-order valence-corrected chi connectivity index (χ3v) is 5.87. The van der Waals surface area contributed by atoms with Gasteiger partial charge in [-0.25, -0.2) is 9.37 Å². The summed E-state index contributed by atoms with van der Waals surface area (Å²) >= 11 is 2.66. The summed E-state index contributed by atoms with van der Waals surface area (Å²) < 4.78 is 14.9. The number of carbonyl (C=O) groups is 1. The van der Waals surface area contributed by atoms with Gasteiger partial charge in [0.05, 0.1) is 11.4 Å². The zero-order chi connectivity index (χ0) is 20.2. The van der Waals surface area contributed by atoms with Crippen molar-refractivity contribution in [3.05, 3.63) is 65.8 Å². The summed E-state index contributed by atoms with van der Waals surface area (Å²) in [6, 6.07) is 15.8. The van der Waals surface area contributed by atoms with Crippen molar-refractivity contribution in [1.29, 1.82) is 0 Å². The van der Waals surface area contributed by atoms with Crippen LogP contribution >= 0.6 is 23.1 Å². The largest absolute Gasteiger partial charge is 0.305 e. The number of thiazole rings is 1. The number of amides is 1. The monoisotopic (exact) mass is 425 g/mol. The van der Waals surface area contributed by atoms with E-state index in [1.807, 2.05) is 42.8 Å². The molecule has 29 heavy (non-hydrogen) atoms. The molecule has 0 fully saturated rings. The Balaban J connectivity index is 1.37. The maximum Gasteiger partial charge on any atom is 0.236 e. The molecule has 0 aliphatic rings. The first-order valence-corrected chi connectivity index (χ1v) is 10.6. The number of hydrogen-bond donors (Lipinski definition) is 1. The second-order valence-electron chi connectivity index (χ2n) is 6.11. The number of halogens is 1. The van der Waals surface area contributed by atoms with E-state index in [1.165, 1.54) is 35.2 Å². The van der Waals surface area contributed by atoms with Gasteiger partial charge in [0.2, 0.25) is 5.91 Å². The molecule has 0 saturated heterocycles. The van der Waals surface area contributed by atoms with E-state index in [-0.39, 0.29) is 17.5 Å². The Morgan fingerprint density at radius 2 is 1.86 bits per heavy atom. The highest BCUT2D eigenvalue weighted by molar-refractivity contribution is 7.99. The summed E-state index contributed by atoms with van der Waals surface area (Å²) in [5.41, 5.74) is 2.59. The molecule has 146 valence electrons. The van der Waals surface area contributed by atoms with Crippen LogP contribution in [0.15, 0.2) is 65.1 Å². The van der Waals surface area contributed by atoms with E-state index in [4.69, 9.17) is 0 Å². The van der Waals surface area contributed by atoms with E-state index in [2.05, 4.69) is 20.5 Å². The molecule has 2 aromatic carbocycles. The summed E-state index contributed by atoms with van der Waals surface area (Å²) in [5.74, 6) is 0.311. The Kier molecular flexibility index (Phi) is 5.68. The van der Waals surface area contributed by atoms with Crippen LogP contribution in [0.1, 0.15) is 0 Å². The zero-order valence-electron chi connectivity index (χ0n) is 15.4. The molecule has 0 spiro atoms. The highest BCUT2D eigenvalue weighted by Gasteiger charge is 2.14. The van der Waals surface area contributed by atoms with Crippen LogP contribution in [0.25, 0.3) is 22.6 Å². The van der Waals surface area contributed by atoms with Gasteiger partial charge in [0.1, 0.15) is 5.82 Å². The molecule has 0 bridgehead atoms. The van der Waals surface area contributed by atoms with Crippen LogP contribution in [0.5, 0.6) is 0 Å². The van der Waals surface area contributed by atoms with Gasteiger partial charge in [-0.05, 0) is 24.3 Å². The molecule has 0 aliphatic heterocycles. The number of aromatic nitrogens is 4. The number of hydrogen-bond acceptors (Lipinski definition) is 6. The molecule has 1 amide bonds. The van der Waals surface area contributed by atoms with E-state index in [9.17, 15) is 9.18 Å². The van der Waals surface area contributed by atoms with E-state index < -0.39 is 0 Å². The molecule has 4 rings (SSSR count). The van der Waals surface area contributed by atoms with Crippen molar-refractivity contribution < 1.29 is 9.18 Å². The van der Waals surface area contributed by atoms with Gasteiger partial charge in [-0.2, -0.15) is 0 Å². The second kappa shape index (κ2) is 8.54. The van der Waals surface area contributed by atoms with E-state index in [1.54, 1.807) is 16.7 Å². The number of rotatable bonds is 6. The molecule has 2 aromatic heterocycles. The Morgan fingerprint density at radius 1 is 1.10 bits per heavy atom. The first-order valence-electron chi connectivity index (χ1n) is 8.69. The minimum absolute atomic E-state index is 0.171. The third kappa shape index (κ3) is 4.52. The van der Waals surface area contributed by atoms with Crippen LogP contribution in [-0.2, 0) is 11.8 Å². The van der Waals surface area contributed by atoms with Gasteiger partial charge in [0.15, 0.2) is 16.1 Å². The van der Waals surface area contributed by atoms with Crippen LogP contribution in [0, 0.1) is 5.82 Å². The lowest BCUT2D eigenvalue weighted by Crippen LogP contribution is -2.14. The first kappa shape index (κ1) is 19.3. The first-order chi connectivity index (χ1) is 14.1. The molecule has 0 unspecified atom stereocenters. The van der Waals surface area contributed by atoms with Crippen molar-refractivity contribution in [2.24, 2.45) is 7.05 Å². The predicted molar refractivity (Wildman–Crippen MR) is 113 cm³/mol. The number of nitrogens with zero attached hydrogens (tertiary/aromatic N) is 4. The minimum Gasteiger partial charge on any atom is -0.305 e.